The van der Waals surface area contributed by atoms with Crippen LogP contribution >= 0.6 is 0 Å². The Balaban J connectivity index is 2.56. The van der Waals surface area contributed by atoms with Gasteiger partial charge in [0.25, 0.3) is 5.91 Å². The zero-order valence-electron chi connectivity index (χ0n) is 8.45. The SMILES string of the molecule is CC(N)c1cccc2c1CN(C)C2=O. The summed E-state index contributed by atoms with van der Waals surface area (Å²) in [6.45, 7) is 2.63. The van der Waals surface area contributed by atoms with Crippen molar-refractivity contribution in [3.63, 3.8) is 0 Å². The summed E-state index contributed by atoms with van der Waals surface area (Å²) in [5.41, 5.74) is 8.83. The largest absolute Gasteiger partial charge is 0.337 e. The van der Waals surface area contributed by atoms with Crippen molar-refractivity contribution in [2.75, 3.05) is 7.05 Å². The van der Waals surface area contributed by atoms with Crippen LogP contribution in [0.15, 0.2) is 18.2 Å². The average Bonchev–Trinajstić information content (AvgIpc) is 2.43. The van der Waals surface area contributed by atoms with Gasteiger partial charge in [0.1, 0.15) is 0 Å². The van der Waals surface area contributed by atoms with E-state index < -0.39 is 0 Å². The number of hydrogen-bond donors (Lipinski definition) is 1. The highest BCUT2D eigenvalue weighted by atomic mass is 16.2. The standard InChI is InChI=1S/C11H14N2O/c1-7(12)8-4-3-5-9-10(8)6-13(2)11(9)14/h3-5,7H,6,12H2,1-2H3. The predicted molar refractivity (Wildman–Crippen MR) is 54.8 cm³/mol. The zero-order chi connectivity index (χ0) is 10.3. The first-order chi connectivity index (χ1) is 6.61. The molecule has 1 unspecified atom stereocenters. The van der Waals surface area contributed by atoms with E-state index in [9.17, 15) is 4.79 Å². The van der Waals surface area contributed by atoms with E-state index in [1.807, 2.05) is 32.2 Å². The van der Waals surface area contributed by atoms with Crippen LogP contribution in [-0.4, -0.2) is 17.9 Å². The summed E-state index contributed by atoms with van der Waals surface area (Å²) < 4.78 is 0. The fourth-order valence-electron chi connectivity index (χ4n) is 1.92. The van der Waals surface area contributed by atoms with Gasteiger partial charge in [0.05, 0.1) is 0 Å². The van der Waals surface area contributed by atoms with Gasteiger partial charge in [0, 0.05) is 25.2 Å². The predicted octanol–water partition coefficient (Wildman–Crippen LogP) is 1.29. The summed E-state index contributed by atoms with van der Waals surface area (Å²) in [5.74, 6) is 0.0995. The molecule has 1 aromatic carbocycles. The third-order valence-corrected chi connectivity index (χ3v) is 2.68. The minimum Gasteiger partial charge on any atom is -0.337 e. The molecular weight excluding hydrogens is 176 g/mol. The molecule has 0 aliphatic carbocycles. The number of rotatable bonds is 1. The average molecular weight is 190 g/mol. The first kappa shape index (κ1) is 9.21. The zero-order valence-corrected chi connectivity index (χ0v) is 8.45. The molecule has 2 rings (SSSR count). The Morgan fingerprint density at radius 2 is 2.21 bits per heavy atom. The van der Waals surface area contributed by atoms with E-state index in [-0.39, 0.29) is 11.9 Å². The van der Waals surface area contributed by atoms with Gasteiger partial charge in [0.15, 0.2) is 0 Å². The van der Waals surface area contributed by atoms with E-state index in [1.165, 1.54) is 0 Å². The molecule has 1 amide bonds. The molecule has 3 heteroatoms. The third-order valence-electron chi connectivity index (χ3n) is 2.68. The quantitative estimate of drug-likeness (QED) is 0.725. The van der Waals surface area contributed by atoms with Gasteiger partial charge in [-0.3, -0.25) is 4.79 Å². The normalized spacial score (nSPS) is 17.1. The number of hydrogen-bond acceptors (Lipinski definition) is 2. The first-order valence-electron chi connectivity index (χ1n) is 4.74. The molecule has 3 nitrogen and oxygen atoms in total. The molecule has 2 N–H and O–H groups in total. The number of fused-ring (bicyclic) bond motifs is 1. The van der Waals surface area contributed by atoms with Crippen molar-refractivity contribution in [1.29, 1.82) is 0 Å². The Morgan fingerprint density at radius 3 is 2.86 bits per heavy atom. The lowest BCUT2D eigenvalue weighted by Crippen LogP contribution is -2.17. The minimum absolute atomic E-state index is 0.00995. The molecule has 0 bridgehead atoms. The minimum atomic E-state index is -0.00995. The molecule has 0 radical (unpaired) electrons. The molecule has 0 aromatic heterocycles. The van der Waals surface area contributed by atoms with E-state index in [0.717, 1.165) is 16.7 Å². The number of carbonyl (C=O) groups excluding carboxylic acids is 1. The Bertz CT molecular complexity index is 385. The first-order valence-corrected chi connectivity index (χ1v) is 4.74. The monoisotopic (exact) mass is 190 g/mol. The van der Waals surface area contributed by atoms with E-state index in [4.69, 9.17) is 5.73 Å². The van der Waals surface area contributed by atoms with Gasteiger partial charge in [-0.05, 0) is 24.1 Å². The molecule has 1 aliphatic rings. The van der Waals surface area contributed by atoms with Crippen LogP contribution in [0.5, 0.6) is 0 Å². The molecule has 0 saturated carbocycles. The summed E-state index contributed by atoms with van der Waals surface area (Å²) in [5, 5.41) is 0. The van der Waals surface area contributed by atoms with Gasteiger partial charge in [-0.25, -0.2) is 0 Å². The molecule has 1 atom stereocenters. The van der Waals surface area contributed by atoms with Crippen LogP contribution in [0, 0.1) is 0 Å². The molecule has 0 saturated heterocycles. The highest BCUT2D eigenvalue weighted by Gasteiger charge is 2.26. The van der Waals surface area contributed by atoms with Crippen molar-refractivity contribution in [3.8, 4) is 0 Å². The van der Waals surface area contributed by atoms with Crippen LogP contribution in [0.3, 0.4) is 0 Å². The Hall–Kier alpha value is -1.35. The number of amides is 1. The number of carbonyl (C=O) groups is 1. The fourth-order valence-corrected chi connectivity index (χ4v) is 1.92. The van der Waals surface area contributed by atoms with Gasteiger partial charge in [0.2, 0.25) is 0 Å². The van der Waals surface area contributed by atoms with Crippen LogP contribution in [-0.2, 0) is 6.54 Å². The maximum atomic E-state index is 11.7. The highest BCUT2D eigenvalue weighted by Crippen LogP contribution is 2.27. The maximum absolute atomic E-state index is 11.7. The molecule has 0 fully saturated rings. The Labute approximate surface area is 83.5 Å². The second-order valence-electron chi connectivity index (χ2n) is 3.82. The smallest absolute Gasteiger partial charge is 0.254 e. The van der Waals surface area contributed by atoms with Gasteiger partial charge in [-0.1, -0.05) is 12.1 Å². The van der Waals surface area contributed by atoms with E-state index in [1.54, 1.807) is 4.90 Å². The Kier molecular flexibility index (Phi) is 2.04. The van der Waals surface area contributed by atoms with Crippen LogP contribution < -0.4 is 5.73 Å². The van der Waals surface area contributed by atoms with Crippen molar-refractivity contribution >= 4 is 5.91 Å². The molecule has 1 heterocycles. The second-order valence-corrected chi connectivity index (χ2v) is 3.82. The van der Waals surface area contributed by atoms with E-state index in [2.05, 4.69) is 0 Å². The lowest BCUT2D eigenvalue weighted by Gasteiger charge is -2.10. The molecule has 1 aliphatic heterocycles. The van der Waals surface area contributed by atoms with Crippen molar-refractivity contribution in [2.45, 2.75) is 19.5 Å². The Morgan fingerprint density at radius 1 is 1.50 bits per heavy atom. The van der Waals surface area contributed by atoms with Crippen molar-refractivity contribution in [1.82, 2.24) is 4.90 Å². The third kappa shape index (κ3) is 1.21. The maximum Gasteiger partial charge on any atom is 0.254 e. The number of nitrogens with zero attached hydrogens (tertiary/aromatic N) is 1. The number of benzene rings is 1. The number of nitrogens with two attached hydrogens (primary N) is 1. The van der Waals surface area contributed by atoms with Crippen molar-refractivity contribution < 1.29 is 4.79 Å². The van der Waals surface area contributed by atoms with E-state index in [0.29, 0.717) is 6.54 Å². The lowest BCUT2D eigenvalue weighted by atomic mass is 9.99. The van der Waals surface area contributed by atoms with Crippen molar-refractivity contribution in [3.05, 3.63) is 34.9 Å². The summed E-state index contributed by atoms with van der Waals surface area (Å²) >= 11 is 0. The molecule has 14 heavy (non-hydrogen) atoms. The fraction of sp³-hybridized carbons (Fsp3) is 0.364. The summed E-state index contributed by atoms with van der Waals surface area (Å²) in [4.78, 5) is 13.4. The highest BCUT2D eigenvalue weighted by molar-refractivity contribution is 5.98. The summed E-state index contributed by atoms with van der Waals surface area (Å²) in [6, 6.07) is 5.75. The van der Waals surface area contributed by atoms with Gasteiger partial charge in [-0.15, -0.1) is 0 Å². The lowest BCUT2D eigenvalue weighted by molar-refractivity contribution is 0.0816. The van der Waals surface area contributed by atoms with Crippen LogP contribution in [0.25, 0.3) is 0 Å². The topological polar surface area (TPSA) is 46.3 Å². The summed E-state index contributed by atoms with van der Waals surface area (Å²) in [6.07, 6.45) is 0. The second kappa shape index (κ2) is 3.10. The van der Waals surface area contributed by atoms with Crippen LogP contribution in [0.1, 0.15) is 34.5 Å². The van der Waals surface area contributed by atoms with Crippen LogP contribution in [0.2, 0.25) is 0 Å². The molecule has 0 spiro atoms. The summed E-state index contributed by atoms with van der Waals surface area (Å²) in [7, 11) is 1.81. The van der Waals surface area contributed by atoms with Crippen molar-refractivity contribution in [2.24, 2.45) is 5.73 Å². The van der Waals surface area contributed by atoms with Gasteiger partial charge >= 0.3 is 0 Å². The van der Waals surface area contributed by atoms with Gasteiger partial charge in [-0.2, -0.15) is 0 Å². The van der Waals surface area contributed by atoms with E-state index >= 15 is 0 Å². The molecule has 1 aromatic rings. The molecule has 74 valence electrons. The van der Waals surface area contributed by atoms with Crippen LogP contribution in [0.4, 0.5) is 0 Å². The van der Waals surface area contributed by atoms with Gasteiger partial charge < -0.3 is 10.6 Å². The molecular formula is C11H14N2O.